The molecule has 3 aromatic rings. The Labute approximate surface area is 125 Å². The number of para-hydroxylation sites is 1. The Balaban J connectivity index is 1.99. The average molecular weight is 330 g/mol. The van der Waals surface area contributed by atoms with Crippen LogP contribution < -0.4 is 4.74 Å². The molecular weight excluding hydrogens is 318 g/mol. The molecule has 1 aromatic heterocycles. The van der Waals surface area contributed by atoms with Gasteiger partial charge in [-0.15, -0.1) is 0 Å². The minimum absolute atomic E-state index is 0.00329. The molecule has 0 unspecified atom stereocenters. The SMILES string of the molecule is OCc1ccc(Oc2cccc3cccnc23)cc1Br. The summed E-state index contributed by atoms with van der Waals surface area (Å²) in [6.45, 7) is -0.00329. The number of hydrogen-bond donors (Lipinski definition) is 1. The molecular formula is C16H12BrNO2. The van der Waals surface area contributed by atoms with Gasteiger partial charge in [0.2, 0.25) is 0 Å². The van der Waals surface area contributed by atoms with E-state index in [1.165, 1.54) is 0 Å². The number of hydrogen-bond acceptors (Lipinski definition) is 3. The fourth-order valence-corrected chi connectivity index (χ4v) is 2.49. The maximum Gasteiger partial charge on any atom is 0.153 e. The van der Waals surface area contributed by atoms with Gasteiger partial charge in [0.15, 0.2) is 5.75 Å². The summed E-state index contributed by atoms with van der Waals surface area (Å²) < 4.78 is 6.72. The van der Waals surface area contributed by atoms with Gasteiger partial charge in [-0.05, 0) is 29.8 Å². The summed E-state index contributed by atoms with van der Waals surface area (Å²) in [7, 11) is 0. The number of benzene rings is 2. The highest BCUT2D eigenvalue weighted by Gasteiger charge is 2.06. The van der Waals surface area contributed by atoms with Crippen LogP contribution in [0, 0.1) is 0 Å². The fraction of sp³-hybridized carbons (Fsp3) is 0.0625. The quantitative estimate of drug-likeness (QED) is 0.779. The first-order valence-corrected chi connectivity index (χ1v) is 6.98. The van der Waals surface area contributed by atoms with Crippen molar-refractivity contribution in [1.29, 1.82) is 0 Å². The topological polar surface area (TPSA) is 42.4 Å². The van der Waals surface area contributed by atoms with Crippen molar-refractivity contribution in [2.24, 2.45) is 0 Å². The van der Waals surface area contributed by atoms with Crippen molar-refractivity contribution in [2.45, 2.75) is 6.61 Å². The van der Waals surface area contributed by atoms with E-state index >= 15 is 0 Å². The van der Waals surface area contributed by atoms with Crippen molar-refractivity contribution in [2.75, 3.05) is 0 Å². The van der Waals surface area contributed by atoms with E-state index in [0.29, 0.717) is 11.5 Å². The van der Waals surface area contributed by atoms with Gasteiger partial charge >= 0.3 is 0 Å². The molecule has 0 amide bonds. The van der Waals surface area contributed by atoms with Gasteiger partial charge in [0.25, 0.3) is 0 Å². The zero-order valence-corrected chi connectivity index (χ0v) is 12.2. The first-order chi connectivity index (χ1) is 9.78. The standard InChI is InChI=1S/C16H12BrNO2/c17-14-9-13(7-6-12(14)10-19)20-15-5-1-3-11-4-2-8-18-16(11)15/h1-9,19H,10H2. The maximum atomic E-state index is 9.16. The smallest absolute Gasteiger partial charge is 0.153 e. The summed E-state index contributed by atoms with van der Waals surface area (Å²) in [6.07, 6.45) is 1.75. The van der Waals surface area contributed by atoms with Crippen LogP contribution in [0.2, 0.25) is 0 Å². The molecule has 1 N–H and O–H groups in total. The van der Waals surface area contributed by atoms with Gasteiger partial charge < -0.3 is 9.84 Å². The Morgan fingerprint density at radius 3 is 2.75 bits per heavy atom. The minimum Gasteiger partial charge on any atom is -0.455 e. The van der Waals surface area contributed by atoms with Crippen LogP contribution in [0.4, 0.5) is 0 Å². The number of aliphatic hydroxyl groups is 1. The summed E-state index contributed by atoms with van der Waals surface area (Å²) in [5.74, 6) is 1.42. The van der Waals surface area contributed by atoms with Gasteiger partial charge in [0, 0.05) is 16.1 Å². The Morgan fingerprint density at radius 2 is 1.95 bits per heavy atom. The number of pyridine rings is 1. The van der Waals surface area contributed by atoms with Crippen molar-refractivity contribution in [3.63, 3.8) is 0 Å². The molecule has 0 atom stereocenters. The van der Waals surface area contributed by atoms with E-state index < -0.39 is 0 Å². The number of fused-ring (bicyclic) bond motifs is 1. The molecule has 0 aliphatic carbocycles. The molecule has 100 valence electrons. The van der Waals surface area contributed by atoms with Gasteiger partial charge in [-0.2, -0.15) is 0 Å². The highest BCUT2D eigenvalue weighted by atomic mass is 79.9. The number of aromatic nitrogens is 1. The third-order valence-corrected chi connectivity index (χ3v) is 3.76. The van der Waals surface area contributed by atoms with Gasteiger partial charge in [-0.3, -0.25) is 4.98 Å². The van der Waals surface area contributed by atoms with E-state index in [2.05, 4.69) is 20.9 Å². The lowest BCUT2D eigenvalue weighted by molar-refractivity contribution is 0.281. The zero-order chi connectivity index (χ0) is 13.9. The third kappa shape index (κ3) is 2.53. The van der Waals surface area contributed by atoms with Crippen LogP contribution in [0.15, 0.2) is 59.2 Å². The Morgan fingerprint density at radius 1 is 1.10 bits per heavy atom. The molecule has 3 nitrogen and oxygen atoms in total. The first-order valence-electron chi connectivity index (χ1n) is 6.19. The van der Waals surface area contributed by atoms with Crippen molar-refractivity contribution in [3.8, 4) is 11.5 Å². The Bertz CT molecular complexity index is 753. The highest BCUT2D eigenvalue weighted by Crippen LogP contribution is 2.30. The molecule has 0 radical (unpaired) electrons. The Kier molecular flexibility index (Phi) is 3.67. The number of halogens is 1. The molecule has 3 rings (SSSR count). The van der Waals surface area contributed by atoms with E-state index in [9.17, 15) is 0 Å². The summed E-state index contributed by atoms with van der Waals surface area (Å²) in [6, 6.07) is 15.2. The lowest BCUT2D eigenvalue weighted by atomic mass is 10.2. The lowest BCUT2D eigenvalue weighted by Crippen LogP contribution is -1.90. The van der Waals surface area contributed by atoms with Crippen molar-refractivity contribution < 1.29 is 9.84 Å². The van der Waals surface area contributed by atoms with E-state index in [-0.39, 0.29) is 6.61 Å². The molecule has 0 bridgehead atoms. The fourth-order valence-electron chi connectivity index (χ4n) is 2.01. The number of rotatable bonds is 3. The zero-order valence-electron chi connectivity index (χ0n) is 10.6. The van der Waals surface area contributed by atoms with E-state index in [1.54, 1.807) is 6.20 Å². The van der Waals surface area contributed by atoms with E-state index in [0.717, 1.165) is 20.9 Å². The van der Waals surface area contributed by atoms with Crippen molar-refractivity contribution >= 4 is 26.8 Å². The predicted molar refractivity (Wildman–Crippen MR) is 81.9 cm³/mol. The van der Waals surface area contributed by atoms with Crippen LogP contribution in [0.1, 0.15) is 5.56 Å². The highest BCUT2D eigenvalue weighted by molar-refractivity contribution is 9.10. The third-order valence-electron chi connectivity index (χ3n) is 3.02. The first kappa shape index (κ1) is 13.1. The minimum atomic E-state index is -0.00329. The summed E-state index contributed by atoms with van der Waals surface area (Å²) in [4.78, 5) is 4.36. The van der Waals surface area contributed by atoms with Crippen LogP contribution in [-0.4, -0.2) is 10.1 Å². The van der Waals surface area contributed by atoms with Gasteiger partial charge in [-0.1, -0.05) is 40.2 Å². The normalized spacial score (nSPS) is 10.7. The van der Waals surface area contributed by atoms with Gasteiger partial charge in [0.05, 0.1) is 6.61 Å². The second kappa shape index (κ2) is 5.61. The summed E-state index contributed by atoms with van der Waals surface area (Å²) in [5, 5.41) is 10.2. The molecule has 20 heavy (non-hydrogen) atoms. The van der Waals surface area contributed by atoms with Gasteiger partial charge in [0.1, 0.15) is 11.3 Å². The van der Waals surface area contributed by atoms with Crippen LogP contribution in [-0.2, 0) is 6.61 Å². The number of aliphatic hydroxyl groups excluding tert-OH is 1. The molecule has 0 saturated heterocycles. The number of nitrogens with zero attached hydrogens (tertiary/aromatic N) is 1. The Hall–Kier alpha value is -1.91. The van der Waals surface area contributed by atoms with Crippen LogP contribution in [0.3, 0.4) is 0 Å². The molecule has 1 heterocycles. The largest absolute Gasteiger partial charge is 0.455 e. The van der Waals surface area contributed by atoms with Crippen LogP contribution >= 0.6 is 15.9 Å². The monoisotopic (exact) mass is 329 g/mol. The molecule has 0 fully saturated rings. The molecule has 4 heteroatoms. The summed E-state index contributed by atoms with van der Waals surface area (Å²) >= 11 is 3.41. The average Bonchev–Trinajstić information content (AvgIpc) is 2.48. The molecule has 0 saturated carbocycles. The summed E-state index contributed by atoms with van der Waals surface area (Å²) in [5.41, 5.74) is 1.66. The molecule has 0 spiro atoms. The molecule has 0 aliphatic rings. The van der Waals surface area contributed by atoms with Crippen molar-refractivity contribution in [1.82, 2.24) is 4.98 Å². The van der Waals surface area contributed by atoms with Crippen LogP contribution in [0.5, 0.6) is 11.5 Å². The number of ether oxygens (including phenoxy) is 1. The second-order valence-corrected chi connectivity index (χ2v) is 5.20. The van der Waals surface area contributed by atoms with Crippen LogP contribution in [0.25, 0.3) is 10.9 Å². The molecule has 0 aliphatic heterocycles. The predicted octanol–water partition coefficient (Wildman–Crippen LogP) is 4.28. The second-order valence-electron chi connectivity index (χ2n) is 4.34. The maximum absolute atomic E-state index is 9.16. The van der Waals surface area contributed by atoms with Gasteiger partial charge in [-0.25, -0.2) is 0 Å². The van der Waals surface area contributed by atoms with E-state index in [4.69, 9.17) is 9.84 Å². The molecule has 2 aromatic carbocycles. The van der Waals surface area contributed by atoms with E-state index in [1.807, 2.05) is 48.5 Å². The lowest BCUT2D eigenvalue weighted by Gasteiger charge is -2.09. The van der Waals surface area contributed by atoms with Crippen molar-refractivity contribution in [3.05, 3.63) is 64.8 Å².